The Morgan fingerprint density at radius 3 is 2.34 bits per heavy atom. The Kier molecular flexibility index (Phi) is 28.5. The van der Waals surface area contributed by atoms with Crippen LogP contribution in [0, 0.1) is 5.92 Å². The van der Waals surface area contributed by atoms with Crippen molar-refractivity contribution in [1.82, 2.24) is 20.9 Å². The topological polar surface area (TPSA) is 87.2 Å². The van der Waals surface area contributed by atoms with Gasteiger partial charge < -0.3 is 25.4 Å². The van der Waals surface area contributed by atoms with Crippen LogP contribution in [0.2, 0.25) is 0 Å². The zero-order valence-electron chi connectivity index (χ0n) is 34.6. The lowest BCUT2D eigenvalue weighted by atomic mass is 10.1. The number of carbonyl (C=O) groups is 1. The lowest BCUT2D eigenvalue weighted by Gasteiger charge is -2.23. The molecule has 3 rings (SSSR count). The Labute approximate surface area is 324 Å². The summed E-state index contributed by atoms with van der Waals surface area (Å²) in [4.78, 5) is 17.3. The van der Waals surface area contributed by atoms with Gasteiger partial charge in [-0.05, 0) is 113 Å². The van der Waals surface area contributed by atoms with E-state index in [4.69, 9.17) is 14.5 Å². The number of rotatable bonds is 24. The minimum absolute atomic E-state index is 0.476. The molecule has 0 bridgehead atoms. The van der Waals surface area contributed by atoms with Crippen LogP contribution in [0.1, 0.15) is 112 Å². The van der Waals surface area contributed by atoms with E-state index in [2.05, 4.69) is 118 Å². The Hall–Kier alpha value is -3.62. The van der Waals surface area contributed by atoms with Crippen molar-refractivity contribution in [3.63, 3.8) is 0 Å². The Bertz CT molecular complexity index is 1270. The van der Waals surface area contributed by atoms with Crippen LogP contribution >= 0.6 is 0 Å². The summed E-state index contributed by atoms with van der Waals surface area (Å²) < 4.78 is 12.2. The highest BCUT2D eigenvalue weighted by Crippen LogP contribution is 2.28. The van der Waals surface area contributed by atoms with Gasteiger partial charge in [-0.1, -0.05) is 97.8 Å². The van der Waals surface area contributed by atoms with Gasteiger partial charge in [-0.2, -0.15) is 0 Å². The van der Waals surface area contributed by atoms with Gasteiger partial charge in [0.15, 0.2) is 0 Å². The summed E-state index contributed by atoms with van der Waals surface area (Å²) in [5, 5.41) is 9.29. The van der Waals surface area contributed by atoms with Gasteiger partial charge in [0.2, 0.25) is 6.41 Å². The minimum atomic E-state index is 0.476. The van der Waals surface area contributed by atoms with E-state index in [-0.39, 0.29) is 0 Å². The molecule has 1 fully saturated rings. The van der Waals surface area contributed by atoms with Crippen molar-refractivity contribution in [3.8, 4) is 5.75 Å². The molecular formula is C45H75N5O3. The van der Waals surface area contributed by atoms with Crippen molar-refractivity contribution in [2.45, 2.75) is 113 Å². The van der Waals surface area contributed by atoms with Crippen molar-refractivity contribution in [2.75, 3.05) is 59.0 Å². The lowest BCUT2D eigenvalue weighted by molar-refractivity contribution is -0.109. The fraction of sp³-hybridized carbons (Fsp3) is 0.600. The summed E-state index contributed by atoms with van der Waals surface area (Å²) in [6.45, 7) is 27.5. The molecule has 1 atom stereocenters. The van der Waals surface area contributed by atoms with E-state index < -0.39 is 0 Å². The van der Waals surface area contributed by atoms with E-state index in [0.717, 1.165) is 111 Å². The van der Waals surface area contributed by atoms with Crippen LogP contribution in [0.15, 0.2) is 83.3 Å². The van der Waals surface area contributed by atoms with E-state index in [1.165, 1.54) is 50.8 Å². The van der Waals surface area contributed by atoms with Gasteiger partial charge in [-0.25, -0.2) is 0 Å². The predicted octanol–water partition coefficient (Wildman–Crippen LogP) is 9.63. The van der Waals surface area contributed by atoms with E-state index in [9.17, 15) is 4.79 Å². The third-order valence-corrected chi connectivity index (χ3v) is 8.99. The molecule has 1 aromatic carbocycles. The number of hydrogen-bond donors (Lipinski definition) is 3. The van der Waals surface area contributed by atoms with Crippen LogP contribution in [-0.2, 0) is 16.0 Å². The van der Waals surface area contributed by atoms with Gasteiger partial charge in [-0.3, -0.25) is 14.7 Å². The number of dihydropyridines is 1. The monoisotopic (exact) mass is 734 g/mol. The fourth-order valence-corrected chi connectivity index (χ4v) is 5.63. The Balaban J connectivity index is 0.000000833. The average Bonchev–Trinajstić information content (AvgIpc) is 3.77. The fourth-order valence-electron chi connectivity index (χ4n) is 5.63. The number of amides is 1. The highest BCUT2D eigenvalue weighted by Gasteiger charge is 2.11. The van der Waals surface area contributed by atoms with Gasteiger partial charge >= 0.3 is 0 Å². The number of aliphatic imine (C=N–C) groups is 1. The number of nitrogens with one attached hydrogen (secondary N) is 3. The summed E-state index contributed by atoms with van der Waals surface area (Å²) in [5.74, 6) is 2.53. The van der Waals surface area contributed by atoms with Crippen molar-refractivity contribution < 1.29 is 14.3 Å². The number of carbonyl (C=O) groups excluding carboxylic acids is 1. The van der Waals surface area contributed by atoms with Crippen molar-refractivity contribution in [1.29, 1.82) is 0 Å². The van der Waals surface area contributed by atoms with Gasteiger partial charge in [0.1, 0.15) is 24.7 Å². The molecule has 3 N–H and O–H groups in total. The summed E-state index contributed by atoms with van der Waals surface area (Å²) in [7, 11) is 0. The van der Waals surface area contributed by atoms with Crippen LogP contribution < -0.4 is 20.7 Å². The largest absolute Gasteiger partial charge is 0.495 e. The molecule has 1 amide bonds. The molecule has 2 aliphatic rings. The average molecular weight is 734 g/mol. The summed E-state index contributed by atoms with van der Waals surface area (Å²) >= 11 is 0. The minimum Gasteiger partial charge on any atom is -0.495 e. The van der Waals surface area contributed by atoms with Gasteiger partial charge in [-0.15, -0.1) is 0 Å². The van der Waals surface area contributed by atoms with E-state index in [1.807, 2.05) is 6.08 Å². The maximum Gasteiger partial charge on any atom is 0.207 e. The maximum absolute atomic E-state index is 9.76. The highest BCUT2D eigenvalue weighted by molar-refractivity contribution is 6.02. The van der Waals surface area contributed by atoms with Gasteiger partial charge in [0.25, 0.3) is 0 Å². The number of ether oxygens (including phenoxy) is 2. The number of hydrogen-bond acceptors (Lipinski definition) is 7. The molecule has 1 saturated heterocycles. The van der Waals surface area contributed by atoms with Crippen LogP contribution in [-0.4, -0.2) is 76.0 Å². The molecule has 0 saturated carbocycles. The maximum atomic E-state index is 9.76. The first-order valence-electron chi connectivity index (χ1n) is 20.5. The second-order valence-corrected chi connectivity index (χ2v) is 13.8. The number of benzene rings is 1. The normalized spacial score (nSPS) is 14.9. The number of allylic oxidation sites excluding steroid dienone is 7. The second kappa shape index (κ2) is 31.9. The molecule has 1 aromatic rings. The number of nitrogens with zero attached hydrogens (tertiary/aromatic N) is 2. The van der Waals surface area contributed by atoms with Crippen LogP contribution in [0.3, 0.4) is 0 Å². The molecule has 0 aromatic heterocycles. The molecule has 2 aliphatic heterocycles. The molecule has 8 heteroatoms. The molecule has 0 spiro atoms. The summed E-state index contributed by atoms with van der Waals surface area (Å²) in [5.41, 5.74) is 5.39. The third-order valence-electron chi connectivity index (χ3n) is 8.99. The van der Waals surface area contributed by atoms with E-state index in [1.54, 1.807) is 6.08 Å². The van der Waals surface area contributed by atoms with Crippen molar-refractivity contribution in [3.05, 3.63) is 83.8 Å². The smallest absolute Gasteiger partial charge is 0.207 e. The zero-order chi connectivity index (χ0) is 38.9. The molecule has 2 heterocycles. The Morgan fingerprint density at radius 2 is 1.77 bits per heavy atom. The Morgan fingerprint density at radius 1 is 1.02 bits per heavy atom. The van der Waals surface area contributed by atoms with Crippen LogP contribution in [0.25, 0.3) is 0 Å². The van der Waals surface area contributed by atoms with Crippen LogP contribution in [0.5, 0.6) is 5.75 Å². The quantitative estimate of drug-likeness (QED) is 0.0425. The first-order valence-corrected chi connectivity index (χ1v) is 20.5. The highest BCUT2D eigenvalue weighted by atomic mass is 16.5. The molecule has 0 radical (unpaired) electrons. The summed E-state index contributed by atoms with van der Waals surface area (Å²) in [6, 6.07) is 6.26. The molecular weight excluding hydrogens is 659 g/mol. The van der Waals surface area contributed by atoms with Crippen LogP contribution in [0.4, 0.5) is 5.69 Å². The molecule has 1 unspecified atom stereocenters. The SMILES string of the molecule is C1CCNC1.C=C/C=C\C(=C/CCC)C(C)=Nc1cc(OCC2=CC=C(OCCN(CCC)CCC)CN2)ccc1CCC.CCC(C)CCNC=O. The molecule has 298 valence electrons. The first kappa shape index (κ1) is 47.4. The van der Waals surface area contributed by atoms with E-state index >= 15 is 0 Å². The molecule has 8 nitrogen and oxygen atoms in total. The molecule has 0 aliphatic carbocycles. The first-order chi connectivity index (χ1) is 25.8. The summed E-state index contributed by atoms with van der Waals surface area (Å²) in [6.07, 6.45) is 24.6. The van der Waals surface area contributed by atoms with Crippen molar-refractivity contribution >= 4 is 17.8 Å². The number of unbranched alkanes of at least 4 members (excludes halogenated alkanes) is 1. The molecule has 53 heavy (non-hydrogen) atoms. The third kappa shape index (κ3) is 22.9. The van der Waals surface area contributed by atoms with E-state index in [0.29, 0.717) is 13.2 Å². The lowest BCUT2D eigenvalue weighted by Crippen LogP contribution is -2.30. The standard InChI is InChI=1S/C34H51N3O2.C7H15NO.C4H9N/c1-7-12-15-29(16-13-8-2)28(6)36-34-25-32(19-17-30(34)14-9-3)39-27-31-18-20-33(26-35-31)38-24-23-37(21-10-4)22-11-5;1-3-7(2)4-5-8-6-9;1-2-4-5-3-1/h7,12,15-20,25,35H,1,8-11,13-14,21-24,26-27H2,2-6H3;6-7H,3-5H2,1-2H3,(H,8,9);5H,1-4H2/b15-12-,29-16+,36-28?;;. The van der Waals surface area contributed by atoms with Gasteiger partial charge in [0, 0.05) is 30.6 Å². The second-order valence-electron chi connectivity index (χ2n) is 13.8. The predicted molar refractivity (Wildman–Crippen MR) is 228 cm³/mol. The number of aryl methyl sites for hydroxylation is 1. The van der Waals surface area contributed by atoms with Gasteiger partial charge in [0.05, 0.1) is 12.2 Å². The zero-order valence-corrected chi connectivity index (χ0v) is 34.6. The van der Waals surface area contributed by atoms with Crippen molar-refractivity contribution in [2.24, 2.45) is 10.9 Å².